The number of hydrogen-bond donors (Lipinski definition) is 1. The van der Waals surface area contributed by atoms with Crippen LogP contribution in [0.25, 0.3) is 0 Å². The van der Waals surface area contributed by atoms with E-state index >= 15 is 0 Å². The Bertz CT molecular complexity index is 544. The van der Waals surface area contributed by atoms with E-state index in [-0.39, 0.29) is 0 Å². The molecule has 0 spiro atoms. The first-order valence-electron chi connectivity index (χ1n) is 6.72. The first kappa shape index (κ1) is 15.4. The SMILES string of the molecule is CC(C)CNCc1ccn(Cc2c(Cl)cccc2Cl)n1. The van der Waals surface area contributed by atoms with Crippen molar-refractivity contribution in [3.8, 4) is 0 Å². The first-order chi connectivity index (χ1) is 9.56. The molecule has 0 aliphatic rings. The second kappa shape index (κ2) is 7.11. The third-order valence-electron chi connectivity index (χ3n) is 2.94. The highest BCUT2D eigenvalue weighted by Gasteiger charge is 2.07. The maximum atomic E-state index is 6.17. The fourth-order valence-corrected chi connectivity index (χ4v) is 2.44. The minimum atomic E-state index is 0.586. The van der Waals surface area contributed by atoms with E-state index in [9.17, 15) is 0 Å². The average Bonchev–Trinajstić information content (AvgIpc) is 2.81. The summed E-state index contributed by atoms with van der Waals surface area (Å²) in [7, 11) is 0. The summed E-state index contributed by atoms with van der Waals surface area (Å²) in [5.74, 6) is 0.638. The van der Waals surface area contributed by atoms with Crippen LogP contribution >= 0.6 is 23.2 Å². The Kier molecular flexibility index (Phi) is 5.46. The topological polar surface area (TPSA) is 29.9 Å². The van der Waals surface area contributed by atoms with Gasteiger partial charge in [0.05, 0.1) is 12.2 Å². The standard InChI is InChI=1S/C15H19Cl2N3/c1-11(2)8-18-9-12-6-7-20(19-12)10-13-14(16)4-3-5-15(13)17/h3-7,11,18H,8-10H2,1-2H3. The maximum absolute atomic E-state index is 6.17. The van der Waals surface area contributed by atoms with Crippen molar-refractivity contribution in [1.82, 2.24) is 15.1 Å². The number of aromatic nitrogens is 2. The van der Waals surface area contributed by atoms with Crippen LogP contribution in [0.15, 0.2) is 30.5 Å². The van der Waals surface area contributed by atoms with E-state index in [0.29, 0.717) is 22.5 Å². The summed E-state index contributed by atoms with van der Waals surface area (Å²) < 4.78 is 1.86. The molecule has 0 fully saturated rings. The maximum Gasteiger partial charge on any atom is 0.0762 e. The van der Waals surface area contributed by atoms with E-state index in [4.69, 9.17) is 23.2 Å². The zero-order chi connectivity index (χ0) is 14.5. The van der Waals surface area contributed by atoms with Gasteiger partial charge in [0.2, 0.25) is 0 Å². The van der Waals surface area contributed by atoms with Gasteiger partial charge in [-0.15, -0.1) is 0 Å². The van der Waals surface area contributed by atoms with Crippen molar-refractivity contribution in [1.29, 1.82) is 0 Å². The fraction of sp³-hybridized carbons (Fsp3) is 0.400. The van der Waals surface area contributed by atoms with Gasteiger partial charge in [-0.1, -0.05) is 43.1 Å². The fourth-order valence-electron chi connectivity index (χ4n) is 1.92. The van der Waals surface area contributed by atoms with Crippen molar-refractivity contribution in [3.05, 3.63) is 51.8 Å². The molecule has 108 valence electrons. The summed E-state index contributed by atoms with van der Waals surface area (Å²) in [5.41, 5.74) is 1.93. The van der Waals surface area contributed by atoms with Gasteiger partial charge in [-0.2, -0.15) is 5.10 Å². The van der Waals surface area contributed by atoms with Crippen LogP contribution in [0.2, 0.25) is 10.0 Å². The number of nitrogens with one attached hydrogen (secondary N) is 1. The Hall–Kier alpha value is -1.03. The van der Waals surface area contributed by atoms with E-state index in [1.807, 2.05) is 35.1 Å². The normalized spacial score (nSPS) is 11.2. The molecule has 0 saturated carbocycles. The van der Waals surface area contributed by atoms with E-state index in [1.54, 1.807) is 0 Å². The van der Waals surface area contributed by atoms with Crippen molar-refractivity contribution in [2.24, 2.45) is 5.92 Å². The summed E-state index contributed by atoms with van der Waals surface area (Å²) in [6, 6.07) is 7.55. The van der Waals surface area contributed by atoms with Gasteiger partial charge in [0, 0.05) is 28.4 Å². The molecule has 0 atom stereocenters. The number of nitrogens with zero attached hydrogens (tertiary/aromatic N) is 2. The summed E-state index contributed by atoms with van der Waals surface area (Å²) in [4.78, 5) is 0. The lowest BCUT2D eigenvalue weighted by molar-refractivity contribution is 0.543. The first-order valence-corrected chi connectivity index (χ1v) is 7.48. The highest BCUT2D eigenvalue weighted by molar-refractivity contribution is 6.35. The Labute approximate surface area is 129 Å². The van der Waals surface area contributed by atoms with Crippen LogP contribution in [-0.2, 0) is 13.1 Å². The third-order valence-corrected chi connectivity index (χ3v) is 3.64. The number of hydrogen-bond acceptors (Lipinski definition) is 2. The van der Waals surface area contributed by atoms with Crippen LogP contribution in [0.4, 0.5) is 0 Å². The Morgan fingerprint density at radius 1 is 1.20 bits per heavy atom. The molecule has 1 N–H and O–H groups in total. The summed E-state index contributed by atoms with van der Waals surface area (Å²) in [6.45, 7) is 6.73. The molecule has 1 aromatic carbocycles. The molecule has 0 bridgehead atoms. The molecule has 1 aromatic heterocycles. The largest absolute Gasteiger partial charge is 0.311 e. The minimum Gasteiger partial charge on any atom is -0.311 e. The lowest BCUT2D eigenvalue weighted by Gasteiger charge is -2.07. The van der Waals surface area contributed by atoms with Crippen molar-refractivity contribution in [2.45, 2.75) is 26.9 Å². The molecular weight excluding hydrogens is 293 g/mol. The van der Waals surface area contributed by atoms with Gasteiger partial charge >= 0.3 is 0 Å². The van der Waals surface area contributed by atoms with E-state index in [1.165, 1.54) is 0 Å². The highest BCUT2D eigenvalue weighted by atomic mass is 35.5. The monoisotopic (exact) mass is 311 g/mol. The van der Waals surface area contributed by atoms with Crippen LogP contribution in [0.3, 0.4) is 0 Å². The van der Waals surface area contributed by atoms with E-state index in [2.05, 4.69) is 24.3 Å². The lowest BCUT2D eigenvalue weighted by atomic mass is 10.2. The molecule has 3 nitrogen and oxygen atoms in total. The van der Waals surface area contributed by atoms with Crippen molar-refractivity contribution in [3.63, 3.8) is 0 Å². The molecule has 0 amide bonds. The summed E-state index contributed by atoms with van der Waals surface area (Å²) >= 11 is 12.3. The van der Waals surface area contributed by atoms with Crippen molar-refractivity contribution >= 4 is 23.2 Å². The molecule has 2 rings (SSSR count). The Balaban J connectivity index is 1.99. The van der Waals surface area contributed by atoms with Crippen LogP contribution in [0, 0.1) is 5.92 Å². The van der Waals surface area contributed by atoms with Crippen molar-refractivity contribution < 1.29 is 0 Å². The Morgan fingerprint density at radius 2 is 1.90 bits per heavy atom. The summed E-state index contributed by atoms with van der Waals surface area (Å²) in [5, 5.41) is 9.24. The second-order valence-electron chi connectivity index (χ2n) is 5.23. The molecule has 0 unspecified atom stereocenters. The molecule has 20 heavy (non-hydrogen) atoms. The van der Waals surface area contributed by atoms with Gasteiger partial charge in [-0.25, -0.2) is 0 Å². The van der Waals surface area contributed by atoms with Gasteiger partial charge in [-0.05, 0) is 30.7 Å². The molecule has 0 aliphatic carbocycles. The van der Waals surface area contributed by atoms with E-state index < -0.39 is 0 Å². The number of rotatable bonds is 6. The van der Waals surface area contributed by atoms with Crippen LogP contribution in [0.5, 0.6) is 0 Å². The predicted octanol–water partition coefficient (Wildman–Crippen LogP) is 3.98. The molecule has 0 aliphatic heterocycles. The van der Waals surface area contributed by atoms with Crippen LogP contribution < -0.4 is 5.32 Å². The molecular formula is C15H19Cl2N3. The number of halogens is 2. The minimum absolute atomic E-state index is 0.586. The van der Waals surface area contributed by atoms with Crippen LogP contribution in [0.1, 0.15) is 25.1 Å². The molecule has 5 heteroatoms. The predicted molar refractivity (Wildman–Crippen MR) is 84.3 cm³/mol. The van der Waals surface area contributed by atoms with Gasteiger partial charge in [0.1, 0.15) is 0 Å². The average molecular weight is 312 g/mol. The van der Waals surface area contributed by atoms with Crippen LogP contribution in [-0.4, -0.2) is 16.3 Å². The van der Waals surface area contributed by atoms with Gasteiger partial charge in [0.25, 0.3) is 0 Å². The number of benzene rings is 1. The molecule has 1 heterocycles. The third kappa shape index (κ3) is 4.23. The lowest BCUT2D eigenvalue weighted by Crippen LogP contribution is -2.19. The Morgan fingerprint density at radius 3 is 2.55 bits per heavy atom. The van der Waals surface area contributed by atoms with E-state index in [0.717, 1.165) is 24.3 Å². The quantitative estimate of drug-likeness (QED) is 0.874. The summed E-state index contributed by atoms with van der Waals surface area (Å²) in [6.07, 6.45) is 1.95. The zero-order valence-electron chi connectivity index (χ0n) is 11.7. The molecule has 0 radical (unpaired) electrons. The zero-order valence-corrected chi connectivity index (χ0v) is 13.2. The molecule has 2 aromatic rings. The van der Waals surface area contributed by atoms with Gasteiger partial charge in [-0.3, -0.25) is 4.68 Å². The van der Waals surface area contributed by atoms with Gasteiger partial charge < -0.3 is 5.32 Å². The van der Waals surface area contributed by atoms with Crippen molar-refractivity contribution in [2.75, 3.05) is 6.54 Å². The smallest absolute Gasteiger partial charge is 0.0762 e. The molecule has 0 saturated heterocycles. The highest BCUT2D eigenvalue weighted by Crippen LogP contribution is 2.24. The van der Waals surface area contributed by atoms with Gasteiger partial charge in [0.15, 0.2) is 0 Å². The second-order valence-corrected chi connectivity index (χ2v) is 6.04.